The summed E-state index contributed by atoms with van der Waals surface area (Å²) in [6.07, 6.45) is 0. The third-order valence-electron chi connectivity index (χ3n) is 3.93. The lowest BCUT2D eigenvalue weighted by Gasteiger charge is -2.05. The van der Waals surface area contributed by atoms with Crippen LogP contribution in [0.3, 0.4) is 0 Å². The average molecular weight is 265 g/mol. The number of aryl methyl sites for hydroxylation is 3. The highest BCUT2D eigenvalue weighted by molar-refractivity contribution is 5.83. The fraction of sp³-hybridized carbons (Fsp3) is 0.235. The summed E-state index contributed by atoms with van der Waals surface area (Å²) in [4.78, 5) is 4.78. The van der Waals surface area contributed by atoms with Crippen molar-refractivity contribution in [2.45, 2.75) is 13.8 Å². The lowest BCUT2D eigenvalue weighted by molar-refractivity contribution is 0.959. The standard InChI is InChI=1S/C17H19N3/c1-11-5-6-13(9-12(11)2)17-19-15-10-14(18-3)7-8-16(15)20(17)4/h5-10,18H,1-4H3. The maximum atomic E-state index is 4.78. The van der Waals surface area contributed by atoms with E-state index in [4.69, 9.17) is 4.98 Å². The molecule has 1 aromatic heterocycles. The number of nitrogens with one attached hydrogen (secondary N) is 1. The number of imidazole rings is 1. The minimum atomic E-state index is 1.01. The molecule has 0 fully saturated rings. The minimum absolute atomic E-state index is 1.01. The monoisotopic (exact) mass is 265 g/mol. The van der Waals surface area contributed by atoms with Crippen LogP contribution in [0.15, 0.2) is 36.4 Å². The van der Waals surface area contributed by atoms with Crippen LogP contribution in [-0.4, -0.2) is 16.6 Å². The van der Waals surface area contributed by atoms with Crippen LogP contribution in [-0.2, 0) is 7.05 Å². The Morgan fingerprint density at radius 3 is 2.50 bits per heavy atom. The number of nitrogens with zero attached hydrogens (tertiary/aromatic N) is 2. The molecule has 1 heterocycles. The summed E-state index contributed by atoms with van der Waals surface area (Å²) in [5.74, 6) is 1.01. The molecule has 1 N–H and O–H groups in total. The molecule has 3 heteroatoms. The first-order chi connectivity index (χ1) is 9.60. The molecule has 0 amide bonds. The second-order valence-corrected chi connectivity index (χ2v) is 5.25. The highest BCUT2D eigenvalue weighted by Crippen LogP contribution is 2.26. The number of aromatic nitrogens is 2. The molecule has 20 heavy (non-hydrogen) atoms. The Bertz CT molecular complexity index is 784. The lowest BCUT2D eigenvalue weighted by Crippen LogP contribution is -1.93. The molecule has 0 radical (unpaired) electrons. The highest BCUT2D eigenvalue weighted by atomic mass is 15.1. The van der Waals surface area contributed by atoms with Crippen molar-refractivity contribution in [3.05, 3.63) is 47.5 Å². The Kier molecular flexibility index (Phi) is 2.97. The van der Waals surface area contributed by atoms with Gasteiger partial charge in [-0.25, -0.2) is 4.98 Å². The van der Waals surface area contributed by atoms with Crippen LogP contribution in [0.25, 0.3) is 22.4 Å². The number of hydrogen-bond acceptors (Lipinski definition) is 2. The highest BCUT2D eigenvalue weighted by Gasteiger charge is 2.10. The van der Waals surface area contributed by atoms with E-state index < -0.39 is 0 Å². The number of hydrogen-bond donors (Lipinski definition) is 1. The molecule has 3 aromatic rings. The smallest absolute Gasteiger partial charge is 0.140 e. The van der Waals surface area contributed by atoms with Gasteiger partial charge in [-0.2, -0.15) is 0 Å². The van der Waals surface area contributed by atoms with Gasteiger partial charge >= 0.3 is 0 Å². The molecular weight excluding hydrogens is 246 g/mol. The van der Waals surface area contributed by atoms with Crippen molar-refractivity contribution in [1.29, 1.82) is 0 Å². The molecular formula is C17H19N3. The molecule has 0 saturated heterocycles. The SMILES string of the molecule is CNc1ccc2c(c1)nc(-c1ccc(C)c(C)c1)n2C. The minimum Gasteiger partial charge on any atom is -0.388 e. The summed E-state index contributed by atoms with van der Waals surface area (Å²) in [5.41, 5.74) is 7.03. The Labute approximate surface area is 119 Å². The fourth-order valence-corrected chi connectivity index (χ4v) is 2.49. The van der Waals surface area contributed by atoms with E-state index in [9.17, 15) is 0 Å². The van der Waals surface area contributed by atoms with Crippen LogP contribution in [0.5, 0.6) is 0 Å². The normalized spacial score (nSPS) is 11.0. The van der Waals surface area contributed by atoms with E-state index in [0.29, 0.717) is 0 Å². The molecule has 0 aliphatic rings. The van der Waals surface area contributed by atoms with Crippen molar-refractivity contribution >= 4 is 16.7 Å². The van der Waals surface area contributed by atoms with E-state index in [2.05, 4.69) is 67.2 Å². The lowest BCUT2D eigenvalue weighted by atomic mass is 10.1. The maximum absolute atomic E-state index is 4.78. The van der Waals surface area contributed by atoms with Gasteiger partial charge in [0.25, 0.3) is 0 Å². The second-order valence-electron chi connectivity index (χ2n) is 5.25. The summed E-state index contributed by atoms with van der Waals surface area (Å²) in [6, 6.07) is 12.8. The van der Waals surface area contributed by atoms with E-state index >= 15 is 0 Å². The summed E-state index contributed by atoms with van der Waals surface area (Å²) < 4.78 is 2.15. The van der Waals surface area contributed by atoms with Crippen LogP contribution < -0.4 is 5.32 Å². The van der Waals surface area contributed by atoms with Crippen molar-refractivity contribution in [3.8, 4) is 11.4 Å². The topological polar surface area (TPSA) is 29.9 Å². The van der Waals surface area contributed by atoms with E-state index in [1.807, 2.05) is 7.05 Å². The summed E-state index contributed by atoms with van der Waals surface area (Å²) in [6.45, 7) is 4.27. The molecule has 0 bridgehead atoms. The van der Waals surface area contributed by atoms with Gasteiger partial charge in [-0.3, -0.25) is 0 Å². The Morgan fingerprint density at radius 1 is 1.00 bits per heavy atom. The number of rotatable bonds is 2. The molecule has 3 nitrogen and oxygen atoms in total. The Balaban J connectivity index is 2.20. The van der Waals surface area contributed by atoms with Crippen molar-refractivity contribution in [1.82, 2.24) is 9.55 Å². The maximum Gasteiger partial charge on any atom is 0.140 e. The van der Waals surface area contributed by atoms with E-state index in [1.165, 1.54) is 11.1 Å². The molecule has 0 unspecified atom stereocenters. The summed E-state index contributed by atoms with van der Waals surface area (Å²) >= 11 is 0. The molecule has 0 saturated carbocycles. The van der Waals surface area contributed by atoms with Crippen LogP contribution in [0.4, 0.5) is 5.69 Å². The third-order valence-corrected chi connectivity index (χ3v) is 3.93. The van der Waals surface area contributed by atoms with Gasteiger partial charge in [-0.1, -0.05) is 12.1 Å². The van der Waals surface area contributed by atoms with Gasteiger partial charge in [0.2, 0.25) is 0 Å². The average Bonchev–Trinajstić information content (AvgIpc) is 2.78. The van der Waals surface area contributed by atoms with E-state index in [-0.39, 0.29) is 0 Å². The number of anilines is 1. The molecule has 2 aromatic carbocycles. The summed E-state index contributed by atoms with van der Waals surface area (Å²) in [5, 5.41) is 3.15. The number of fused-ring (bicyclic) bond motifs is 1. The van der Waals surface area contributed by atoms with E-state index in [1.54, 1.807) is 0 Å². The quantitative estimate of drug-likeness (QED) is 0.761. The van der Waals surface area contributed by atoms with Crippen LogP contribution in [0, 0.1) is 13.8 Å². The fourth-order valence-electron chi connectivity index (χ4n) is 2.49. The molecule has 0 aliphatic carbocycles. The van der Waals surface area contributed by atoms with Gasteiger partial charge < -0.3 is 9.88 Å². The van der Waals surface area contributed by atoms with Crippen molar-refractivity contribution < 1.29 is 0 Å². The van der Waals surface area contributed by atoms with Gasteiger partial charge in [-0.15, -0.1) is 0 Å². The Morgan fingerprint density at radius 2 is 1.80 bits per heavy atom. The van der Waals surface area contributed by atoms with Crippen molar-refractivity contribution in [2.75, 3.05) is 12.4 Å². The second kappa shape index (κ2) is 4.67. The molecule has 3 rings (SSSR count). The van der Waals surface area contributed by atoms with E-state index in [0.717, 1.165) is 28.1 Å². The first kappa shape index (κ1) is 12.7. The van der Waals surface area contributed by atoms with Gasteiger partial charge in [0.1, 0.15) is 5.82 Å². The predicted octanol–water partition coefficient (Wildman–Crippen LogP) is 3.90. The van der Waals surface area contributed by atoms with Crippen LogP contribution in [0.1, 0.15) is 11.1 Å². The zero-order valence-electron chi connectivity index (χ0n) is 12.4. The van der Waals surface area contributed by atoms with Gasteiger partial charge in [0.15, 0.2) is 0 Å². The predicted molar refractivity (Wildman–Crippen MR) is 85.2 cm³/mol. The Hall–Kier alpha value is -2.29. The van der Waals surface area contributed by atoms with Crippen molar-refractivity contribution in [2.24, 2.45) is 7.05 Å². The third kappa shape index (κ3) is 1.95. The van der Waals surface area contributed by atoms with Crippen LogP contribution in [0.2, 0.25) is 0 Å². The van der Waals surface area contributed by atoms with Gasteiger partial charge in [0.05, 0.1) is 11.0 Å². The number of benzene rings is 2. The largest absolute Gasteiger partial charge is 0.388 e. The molecule has 0 spiro atoms. The molecule has 0 atom stereocenters. The molecule has 0 aliphatic heterocycles. The summed E-state index contributed by atoms with van der Waals surface area (Å²) in [7, 11) is 3.99. The van der Waals surface area contributed by atoms with Gasteiger partial charge in [0, 0.05) is 25.3 Å². The first-order valence-electron chi connectivity index (χ1n) is 6.82. The zero-order chi connectivity index (χ0) is 14.3. The first-order valence-corrected chi connectivity index (χ1v) is 6.82. The van der Waals surface area contributed by atoms with Crippen LogP contribution >= 0.6 is 0 Å². The molecule has 102 valence electrons. The van der Waals surface area contributed by atoms with Gasteiger partial charge in [-0.05, 0) is 49.2 Å². The van der Waals surface area contributed by atoms with Crippen molar-refractivity contribution in [3.63, 3.8) is 0 Å². The zero-order valence-corrected chi connectivity index (χ0v) is 12.4.